The van der Waals surface area contributed by atoms with E-state index in [0.717, 1.165) is 18.8 Å². The van der Waals surface area contributed by atoms with Crippen molar-refractivity contribution in [2.45, 2.75) is 76.3 Å². The van der Waals surface area contributed by atoms with Crippen LogP contribution in [-0.4, -0.2) is 29.4 Å². The van der Waals surface area contributed by atoms with Crippen molar-refractivity contribution in [1.82, 2.24) is 4.90 Å². The lowest BCUT2D eigenvalue weighted by Crippen LogP contribution is -2.46. The predicted molar refractivity (Wildman–Crippen MR) is 74.2 cm³/mol. The van der Waals surface area contributed by atoms with Crippen molar-refractivity contribution in [2.75, 3.05) is 7.05 Å². The summed E-state index contributed by atoms with van der Waals surface area (Å²) >= 11 is 0. The molecule has 3 nitrogen and oxygen atoms in total. The van der Waals surface area contributed by atoms with Gasteiger partial charge in [-0.15, -0.1) is 0 Å². The van der Waals surface area contributed by atoms with E-state index in [0.29, 0.717) is 12.5 Å². The maximum absolute atomic E-state index is 12.4. The molecule has 2 atom stereocenters. The number of hydrogen-bond acceptors (Lipinski definition) is 2. The van der Waals surface area contributed by atoms with Crippen molar-refractivity contribution < 1.29 is 4.79 Å². The molecule has 0 aromatic carbocycles. The molecule has 18 heavy (non-hydrogen) atoms. The van der Waals surface area contributed by atoms with Gasteiger partial charge in [0.1, 0.15) is 0 Å². The zero-order valence-corrected chi connectivity index (χ0v) is 12.0. The Morgan fingerprint density at radius 2 is 1.94 bits per heavy atom. The van der Waals surface area contributed by atoms with Gasteiger partial charge >= 0.3 is 0 Å². The third-order valence-corrected chi connectivity index (χ3v) is 4.95. The Morgan fingerprint density at radius 1 is 1.28 bits per heavy atom. The van der Waals surface area contributed by atoms with Crippen LogP contribution in [0.5, 0.6) is 0 Å². The fourth-order valence-corrected chi connectivity index (χ4v) is 3.64. The first-order valence-corrected chi connectivity index (χ1v) is 7.55. The van der Waals surface area contributed by atoms with E-state index in [2.05, 4.69) is 6.92 Å². The monoisotopic (exact) mass is 252 g/mol. The second-order valence-corrected chi connectivity index (χ2v) is 6.68. The van der Waals surface area contributed by atoms with Crippen LogP contribution in [0.2, 0.25) is 0 Å². The molecule has 0 radical (unpaired) electrons. The zero-order valence-electron chi connectivity index (χ0n) is 12.0. The first kappa shape index (κ1) is 13.9. The number of carbonyl (C=O) groups excluding carboxylic acids is 1. The summed E-state index contributed by atoms with van der Waals surface area (Å²) in [6, 6.07) is 0.450. The van der Waals surface area contributed by atoms with Crippen LogP contribution in [0.3, 0.4) is 0 Å². The molecule has 3 heteroatoms. The maximum Gasteiger partial charge on any atom is 0.224 e. The van der Waals surface area contributed by atoms with Crippen LogP contribution in [-0.2, 0) is 4.79 Å². The molecule has 1 amide bonds. The summed E-state index contributed by atoms with van der Waals surface area (Å²) in [5.41, 5.74) is 6.10. The molecule has 0 bridgehead atoms. The largest absolute Gasteiger partial charge is 0.343 e. The third kappa shape index (κ3) is 3.25. The minimum atomic E-state index is -0.203. The molecular weight excluding hydrogens is 224 g/mol. The molecule has 2 aliphatic carbocycles. The van der Waals surface area contributed by atoms with Gasteiger partial charge in [0.25, 0.3) is 0 Å². The molecule has 0 spiro atoms. The van der Waals surface area contributed by atoms with Crippen LogP contribution in [0, 0.1) is 5.92 Å². The Balaban J connectivity index is 1.87. The highest BCUT2D eigenvalue weighted by Crippen LogP contribution is 2.32. The SMILES string of the molecule is CC1CCCC(N(C)C(=O)CC2(N)CCCC2)C1. The van der Waals surface area contributed by atoms with Crippen LogP contribution >= 0.6 is 0 Å². The van der Waals surface area contributed by atoms with Crippen molar-refractivity contribution in [3.8, 4) is 0 Å². The number of nitrogens with zero attached hydrogens (tertiary/aromatic N) is 1. The highest BCUT2D eigenvalue weighted by Gasteiger charge is 2.34. The molecule has 2 unspecified atom stereocenters. The average Bonchev–Trinajstić information content (AvgIpc) is 2.74. The van der Waals surface area contributed by atoms with Crippen molar-refractivity contribution in [2.24, 2.45) is 11.7 Å². The molecule has 0 aliphatic heterocycles. The van der Waals surface area contributed by atoms with Gasteiger partial charge in [0.15, 0.2) is 0 Å². The first-order chi connectivity index (χ1) is 8.50. The van der Waals surface area contributed by atoms with Gasteiger partial charge in [-0.1, -0.05) is 32.6 Å². The van der Waals surface area contributed by atoms with Crippen LogP contribution in [0.1, 0.15) is 64.7 Å². The summed E-state index contributed by atoms with van der Waals surface area (Å²) in [5.74, 6) is 1.02. The molecule has 2 saturated carbocycles. The number of carbonyl (C=O) groups is 1. The highest BCUT2D eigenvalue weighted by atomic mass is 16.2. The van der Waals surface area contributed by atoms with Crippen LogP contribution in [0.15, 0.2) is 0 Å². The Morgan fingerprint density at radius 3 is 2.56 bits per heavy atom. The van der Waals surface area contributed by atoms with Gasteiger partial charge < -0.3 is 10.6 Å². The van der Waals surface area contributed by atoms with Gasteiger partial charge in [0.2, 0.25) is 5.91 Å². The molecule has 0 aromatic heterocycles. The molecule has 0 aromatic rings. The highest BCUT2D eigenvalue weighted by molar-refractivity contribution is 5.77. The summed E-state index contributed by atoms with van der Waals surface area (Å²) in [4.78, 5) is 14.3. The van der Waals surface area contributed by atoms with Crippen LogP contribution in [0.4, 0.5) is 0 Å². The van der Waals surface area contributed by atoms with Crippen molar-refractivity contribution >= 4 is 5.91 Å². The number of nitrogens with two attached hydrogens (primary N) is 1. The Kier molecular flexibility index (Phi) is 4.31. The van der Waals surface area contributed by atoms with E-state index in [9.17, 15) is 4.79 Å². The van der Waals surface area contributed by atoms with Crippen molar-refractivity contribution in [3.63, 3.8) is 0 Å². The molecule has 2 N–H and O–H groups in total. The second kappa shape index (κ2) is 5.60. The smallest absolute Gasteiger partial charge is 0.224 e. The van der Waals surface area contributed by atoms with Gasteiger partial charge in [-0.25, -0.2) is 0 Å². The maximum atomic E-state index is 12.4. The second-order valence-electron chi connectivity index (χ2n) is 6.68. The Bertz CT molecular complexity index is 297. The van der Waals surface area contributed by atoms with E-state index < -0.39 is 0 Å². The quantitative estimate of drug-likeness (QED) is 0.839. The third-order valence-electron chi connectivity index (χ3n) is 4.95. The number of hydrogen-bond donors (Lipinski definition) is 1. The number of rotatable bonds is 3. The minimum absolute atomic E-state index is 0.203. The lowest BCUT2D eigenvalue weighted by atomic mass is 9.85. The molecule has 104 valence electrons. The van der Waals surface area contributed by atoms with Crippen molar-refractivity contribution in [3.05, 3.63) is 0 Å². The molecule has 0 heterocycles. The van der Waals surface area contributed by atoms with E-state index >= 15 is 0 Å². The zero-order chi connectivity index (χ0) is 13.2. The number of amides is 1. The Hall–Kier alpha value is -0.570. The van der Waals surface area contributed by atoms with E-state index in [1.54, 1.807) is 0 Å². The van der Waals surface area contributed by atoms with E-state index in [1.165, 1.54) is 38.5 Å². The summed E-state index contributed by atoms with van der Waals surface area (Å²) < 4.78 is 0. The standard InChI is InChI=1S/C15H28N2O/c1-12-6-5-7-13(10-12)17(2)14(18)11-15(16)8-3-4-9-15/h12-13H,3-11,16H2,1-2H3. The lowest BCUT2D eigenvalue weighted by Gasteiger charge is -2.36. The van der Waals surface area contributed by atoms with Crippen LogP contribution in [0.25, 0.3) is 0 Å². The first-order valence-electron chi connectivity index (χ1n) is 7.55. The average molecular weight is 252 g/mol. The van der Waals surface area contributed by atoms with Gasteiger partial charge in [-0.05, 0) is 31.6 Å². The van der Waals surface area contributed by atoms with E-state index in [1.807, 2.05) is 11.9 Å². The summed E-state index contributed by atoms with van der Waals surface area (Å²) in [6.45, 7) is 2.30. The van der Waals surface area contributed by atoms with E-state index in [-0.39, 0.29) is 11.4 Å². The lowest BCUT2D eigenvalue weighted by molar-refractivity contribution is -0.134. The van der Waals surface area contributed by atoms with Gasteiger partial charge in [0.05, 0.1) is 0 Å². The van der Waals surface area contributed by atoms with Gasteiger partial charge in [0, 0.05) is 25.0 Å². The summed E-state index contributed by atoms with van der Waals surface area (Å²) in [5, 5.41) is 0. The fourth-order valence-electron chi connectivity index (χ4n) is 3.64. The van der Waals surface area contributed by atoms with Crippen LogP contribution < -0.4 is 5.73 Å². The van der Waals surface area contributed by atoms with Crippen molar-refractivity contribution in [1.29, 1.82) is 0 Å². The minimum Gasteiger partial charge on any atom is -0.343 e. The molecule has 2 fully saturated rings. The molecular formula is C15H28N2O. The topological polar surface area (TPSA) is 46.3 Å². The van der Waals surface area contributed by atoms with Gasteiger partial charge in [-0.2, -0.15) is 0 Å². The molecule has 0 saturated heterocycles. The molecule has 2 aliphatic rings. The Labute approximate surface area is 111 Å². The van der Waals surface area contributed by atoms with Gasteiger partial charge in [-0.3, -0.25) is 4.79 Å². The molecule has 2 rings (SSSR count). The predicted octanol–water partition coefficient (Wildman–Crippen LogP) is 2.69. The summed E-state index contributed by atoms with van der Waals surface area (Å²) in [6.07, 6.45) is 9.89. The fraction of sp³-hybridized carbons (Fsp3) is 0.933. The normalized spacial score (nSPS) is 31.3. The van der Waals surface area contributed by atoms with E-state index in [4.69, 9.17) is 5.73 Å². The summed E-state index contributed by atoms with van der Waals surface area (Å²) in [7, 11) is 1.98.